The number of rotatable bonds is 4. The molecule has 1 N–H and O–H groups in total. The van der Waals surface area contributed by atoms with E-state index < -0.39 is 15.8 Å². The molecule has 1 heterocycles. The fourth-order valence-corrected chi connectivity index (χ4v) is 4.08. The van der Waals surface area contributed by atoms with E-state index in [2.05, 4.69) is 25.6 Å². The molecule has 1 unspecified atom stereocenters. The monoisotopic (exact) mass is 366 g/mol. The van der Waals surface area contributed by atoms with Crippen LogP contribution < -0.4 is 4.72 Å². The van der Waals surface area contributed by atoms with Crippen molar-refractivity contribution >= 4 is 26.0 Å². The van der Waals surface area contributed by atoms with Crippen molar-refractivity contribution in [1.29, 1.82) is 0 Å². The molecular weight excluding hydrogens is 351 g/mol. The fourth-order valence-electron chi connectivity index (χ4n) is 1.96. The normalized spacial score (nSPS) is 21.1. The second kappa shape index (κ2) is 6.48. The van der Waals surface area contributed by atoms with Crippen LogP contribution in [0, 0.1) is 5.82 Å². The molecule has 0 amide bonds. The van der Waals surface area contributed by atoms with Gasteiger partial charge in [-0.05, 0) is 41.2 Å². The third kappa shape index (κ3) is 3.98. The van der Waals surface area contributed by atoms with E-state index in [-0.39, 0.29) is 22.0 Å². The lowest BCUT2D eigenvalue weighted by molar-refractivity contribution is -0.0156. The van der Waals surface area contributed by atoms with Crippen molar-refractivity contribution in [2.24, 2.45) is 0 Å². The van der Waals surface area contributed by atoms with Crippen LogP contribution in [-0.4, -0.2) is 52.7 Å². The van der Waals surface area contributed by atoms with Crippen LogP contribution in [0.15, 0.2) is 27.6 Å². The summed E-state index contributed by atoms with van der Waals surface area (Å²) < 4.78 is 45.5. The molecule has 8 heteroatoms. The van der Waals surface area contributed by atoms with Crippen molar-refractivity contribution < 1.29 is 17.5 Å². The van der Waals surface area contributed by atoms with Crippen LogP contribution in [0.1, 0.15) is 0 Å². The zero-order valence-electron chi connectivity index (χ0n) is 11.0. The first-order valence-electron chi connectivity index (χ1n) is 6.13. The predicted octanol–water partition coefficient (Wildman–Crippen LogP) is 1.20. The second-order valence-electron chi connectivity index (χ2n) is 4.68. The molecule has 1 atom stereocenters. The highest BCUT2D eigenvalue weighted by Gasteiger charge is 2.22. The molecule has 0 aromatic heterocycles. The number of hydrogen-bond acceptors (Lipinski definition) is 4. The van der Waals surface area contributed by atoms with Gasteiger partial charge in [0, 0.05) is 24.1 Å². The lowest BCUT2D eigenvalue weighted by Gasteiger charge is -2.30. The molecule has 1 aromatic carbocycles. The van der Waals surface area contributed by atoms with Gasteiger partial charge >= 0.3 is 0 Å². The average molecular weight is 367 g/mol. The number of hydrogen-bond donors (Lipinski definition) is 1. The summed E-state index contributed by atoms with van der Waals surface area (Å²) in [6, 6.07) is 3.47. The Morgan fingerprint density at radius 2 is 2.30 bits per heavy atom. The Morgan fingerprint density at radius 3 is 2.95 bits per heavy atom. The third-order valence-electron chi connectivity index (χ3n) is 3.03. The van der Waals surface area contributed by atoms with Gasteiger partial charge in [0.2, 0.25) is 10.0 Å². The molecule has 0 bridgehead atoms. The van der Waals surface area contributed by atoms with Crippen molar-refractivity contribution in [2.45, 2.75) is 11.0 Å². The van der Waals surface area contributed by atoms with Crippen molar-refractivity contribution in [3.8, 4) is 0 Å². The summed E-state index contributed by atoms with van der Waals surface area (Å²) in [5, 5.41) is 0. The van der Waals surface area contributed by atoms with E-state index in [1.807, 2.05) is 7.05 Å². The molecule has 20 heavy (non-hydrogen) atoms. The van der Waals surface area contributed by atoms with E-state index in [9.17, 15) is 12.8 Å². The lowest BCUT2D eigenvalue weighted by Crippen LogP contribution is -2.45. The molecule has 1 aliphatic heterocycles. The molecule has 0 spiro atoms. The van der Waals surface area contributed by atoms with E-state index in [1.165, 1.54) is 6.07 Å². The number of benzene rings is 1. The van der Waals surface area contributed by atoms with Gasteiger partial charge in [0.1, 0.15) is 5.82 Å². The quantitative estimate of drug-likeness (QED) is 0.869. The predicted molar refractivity (Wildman–Crippen MR) is 76.5 cm³/mol. The van der Waals surface area contributed by atoms with Gasteiger partial charge in [-0.3, -0.25) is 0 Å². The van der Waals surface area contributed by atoms with Crippen molar-refractivity contribution in [3.05, 3.63) is 28.5 Å². The van der Waals surface area contributed by atoms with Gasteiger partial charge in [-0.25, -0.2) is 17.5 Å². The van der Waals surface area contributed by atoms with Crippen LogP contribution in [0.3, 0.4) is 0 Å². The molecule has 0 radical (unpaired) electrons. The molecule has 1 aliphatic rings. The van der Waals surface area contributed by atoms with Gasteiger partial charge in [0.15, 0.2) is 0 Å². The Balaban J connectivity index is 2.03. The second-order valence-corrected chi connectivity index (χ2v) is 7.27. The van der Waals surface area contributed by atoms with Crippen molar-refractivity contribution in [1.82, 2.24) is 9.62 Å². The number of sulfonamides is 1. The summed E-state index contributed by atoms with van der Waals surface area (Å²) >= 11 is 3.06. The summed E-state index contributed by atoms with van der Waals surface area (Å²) in [4.78, 5) is 2.10. The Labute approximate surface area is 126 Å². The van der Waals surface area contributed by atoms with Gasteiger partial charge in [0.25, 0.3) is 0 Å². The zero-order valence-corrected chi connectivity index (χ0v) is 13.4. The maximum absolute atomic E-state index is 13.0. The Kier molecular flexibility index (Phi) is 5.14. The first-order valence-corrected chi connectivity index (χ1v) is 8.41. The van der Waals surface area contributed by atoms with E-state index >= 15 is 0 Å². The Hall–Kier alpha value is -0.540. The lowest BCUT2D eigenvalue weighted by atomic mass is 10.3. The molecule has 2 rings (SSSR count). The van der Waals surface area contributed by atoms with E-state index in [0.29, 0.717) is 13.2 Å². The maximum atomic E-state index is 13.0. The van der Waals surface area contributed by atoms with Crippen LogP contribution in [0.5, 0.6) is 0 Å². The van der Waals surface area contributed by atoms with E-state index in [0.717, 1.165) is 18.7 Å². The maximum Gasteiger partial charge on any atom is 0.241 e. The van der Waals surface area contributed by atoms with E-state index in [1.54, 1.807) is 0 Å². The minimum absolute atomic E-state index is 0.0167. The van der Waals surface area contributed by atoms with Crippen LogP contribution in [0.25, 0.3) is 0 Å². The standard InChI is InChI=1S/C12H16BrFN2O3S/c1-16-4-5-19-10(8-16)7-15-20(17,18)12-3-2-9(14)6-11(12)13/h2-3,6,10,15H,4-5,7-8H2,1H3. The number of morpholine rings is 1. The highest BCUT2D eigenvalue weighted by atomic mass is 79.9. The van der Waals surface area contributed by atoms with E-state index in [4.69, 9.17) is 4.74 Å². The van der Waals surface area contributed by atoms with Gasteiger partial charge in [0.05, 0.1) is 17.6 Å². The molecule has 0 saturated carbocycles. The first kappa shape index (κ1) is 15.8. The molecular formula is C12H16BrFN2O3S. The molecule has 112 valence electrons. The molecule has 0 aliphatic carbocycles. The summed E-state index contributed by atoms with van der Waals surface area (Å²) in [6.07, 6.45) is -0.178. The SMILES string of the molecule is CN1CCOC(CNS(=O)(=O)c2ccc(F)cc2Br)C1. The van der Waals surface area contributed by atoms with Crippen LogP contribution in [0.2, 0.25) is 0 Å². The minimum Gasteiger partial charge on any atom is -0.374 e. The first-order chi connectivity index (χ1) is 9.38. The van der Waals surface area contributed by atoms with Crippen LogP contribution in [0.4, 0.5) is 4.39 Å². The van der Waals surface area contributed by atoms with Gasteiger partial charge in [-0.2, -0.15) is 0 Å². The molecule has 5 nitrogen and oxygen atoms in total. The largest absolute Gasteiger partial charge is 0.374 e. The van der Waals surface area contributed by atoms with Crippen molar-refractivity contribution in [2.75, 3.05) is 33.3 Å². The highest BCUT2D eigenvalue weighted by Crippen LogP contribution is 2.22. The van der Waals surface area contributed by atoms with Crippen molar-refractivity contribution in [3.63, 3.8) is 0 Å². The summed E-state index contributed by atoms with van der Waals surface area (Å²) in [5.74, 6) is -0.493. The Morgan fingerprint density at radius 1 is 1.55 bits per heavy atom. The topological polar surface area (TPSA) is 58.6 Å². The van der Waals surface area contributed by atoms with Crippen LogP contribution in [-0.2, 0) is 14.8 Å². The molecule has 1 aromatic rings. The highest BCUT2D eigenvalue weighted by molar-refractivity contribution is 9.10. The van der Waals surface area contributed by atoms with Gasteiger partial charge in [-0.1, -0.05) is 0 Å². The minimum atomic E-state index is -3.69. The molecule has 1 fully saturated rings. The van der Waals surface area contributed by atoms with Gasteiger partial charge in [-0.15, -0.1) is 0 Å². The summed E-state index contributed by atoms with van der Waals surface area (Å²) in [5.41, 5.74) is 0. The summed E-state index contributed by atoms with van der Waals surface area (Å²) in [7, 11) is -1.73. The number of ether oxygens (including phenoxy) is 1. The number of likely N-dealkylation sites (N-methyl/N-ethyl adjacent to an activating group) is 1. The number of nitrogens with zero attached hydrogens (tertiary/aromatic N) is 1. The zero-order chi connectivity index (χ0) is 14.8. The number of nitrogens with one attached hydrogen (secondary N) is 1. The average Bonchev–Trinajstić information content (AvgIpc) is 2.36. The van der Waals surface area contributed by atoms with Crippen LogP contribution >= 0.6 is 15.9 Å². The van der Waals surface area contributed by atoms with Gasteiger partial charge < -0.3 is 9.64 Å². The Bertz CT molecular complexity index is 582. The summed E-state index contributed by atoms with van der Waals surface area (Å²) in [6.45, 7) is 2.29. The smallest absolute Gasteiger partial charge is 0.241 e. The third-order valence-corrected chi connectivity index (χ3v) is 5.43. The molecule has 1 saturated heterocycles. The number of halogens is 2. The fraction of sp³-hybridized carbons (Fsp3) is 0.500.